The molecule has 68 valence electrons. The van der Waals surface area contributed by atoms with Gasteiger partial charge in [0.25, 0.3) is 0 Å². The molecule has 0 unspecified atom stereocenters. The first-order valence-corrected chi connectivity index (χ1v) is 4.41. The van der Waals surface area contributed by atoms with Crippen molar-refractivity contribution in [3.05, 3.63) is 0 Å². The summed E-state index contributed by atoms with van der Waals surface area (Å²) in [5, 5.41) is 16.4. The SMILES string of the molecule is CC(C)C1N=NC(C(C)C)N=N1. The predicted octanol–water partition coefficient (Wildman–Crippen LogP) is 2.87. The van der Waals surface area contributed by atoms with Gasteiger partial charge in [-0.25, -0.2) is 0 Å². The van der Waals surface area contributed by atoms with Crippen LogP contribution in [0.25, 0.3) is 0 Å². The van der Waals surface area contributed by atoms with Crippen LogP contribution in [0.15, 0.2) is 20.5 Å². The first-order chi connectivity index (χ1) is 5.61. The third kappa shape index (κ3) is 2.09. The topological polar surface area (TPSA) is 49.4 Å². The van der Waals surface area contributed by atoms with E-state index in [-0.39, 0.29) is 12.3 Å². The van der Waals surface area contributed by atoms with E-state index in [0.717, 1.165) is 0 Å². The second-order valence-electron chi connectivity index (χ2n) is 3.78. The number of azo groups is 2. The third-order valence-electron chi connectivity index (χ3n) is 1.80. The molecular weight excluding hydrogens is 152 g/mol. The second kappa shape index (κ2) is 3.74. The Labute approximate surface area is 73.2 Å². The van der Waals surface area contributed by atoms with Crippen LogP contribution >= 0.6 is 0 Å². The van der Waals surface area contributed by atoms with E-state index in [1.54, 1.807) is 0 Å². The van der Waals surface area contributed by atoms with Crippen LogP contribution in [0, 0.1) is 11.8 Å². The molecule has 0 saturated carbocycles. The molecule has 0 spiro atoms. The molecule has 1 heterocycles. The molecule has 0 aromatic rings. The fourth-order valence-corrected chi connectivity index (χ4v) is 0.853. The fraction of sp³-hybridized carbons (Fsp3) is 1.00. The molecule has 1 aliphatic heterocycles. The molecule has 0 fully saturated rings. The summed E-state index contributed by atoms with van der Waals surface area (Å²) in [6.07, 6.45) is -0.111. The summed E-state index contributed by atoms with van der Waals surface area (Å²) in [5.74, 6) is 0.788. The average molecular weight is 168 g/mol. The Morgan fingerprint density at radius 3 is 1.08 bits per heavy atom. The van der Waals surface area contributed by atoms with Gasteiger partial charge in [0.1, 0.15) is 0 Å². The second-order valence-corrected chi connectivity index (χ2v) is 3.78. The molecule has 0 aromatic carbocycles. The average Bonchev–Trinajstić information content (AvgIpc) is 2.04. The van der Waals surface area contributed by atoms with Gasteiger partial charge in [0.15, 0.2) is 12.3 Å². The summed E-state index contributed by atoms with van der Waals surface area (Å²) in [4.78, 5) is 0. The van der Waals surface area contributed by atoms with Gasteiger partial charge in [0.05, 0.1) is 0 Å². The molecule has 0 aromatic heterocycles. The number of hydrogen-bond donors (Lipinski definition) is 0. The minimum atomic E-state index is -0.0556. The van der Waals surface area contributed by atoms with E-state index in [2.05, 4.69) is 48.2 Å². The summed E-state index contributed by atoms with van der Waals surface area (Å²) < 4.78 is 0. The lowest BCUT2D eigenvalue weighted by Crippen LogP contribution is -2.17. The first kappa shape index (κ1) is 9.29. The van der Waals surface area contributed by atoms with Gasteiger partial charge in [0, 0.05) is 0 Å². The molecule has 0 atom stereocenters. The lowest BCUT2D eigenvalue weighted by atomic mass is 10.1. The Kier molecular flexibility index (Phi) is 2.89. The summed E-state index contributed by atoms with van der Waals surface area (Å²) in [5.41, 5.74) is 0. The van der Waals surface area contributed by atoms with Crippen molar-refractivity contribution in [2.75, 3.05) is 0 Å². The Morgan fingerprint density at radius 2 is 0.917 bits per heavy atom. The largest absolute Gasteiger partial charge is 0.183 e. The van der Waals surface area contributed by atoms with Crippen LogP contribution in [0.4, 0.5) is 0 Å². The highest BCUT2D eigenvalue weighted by molar-refractivity contribution is 4.73. The van der Waals surface area contributed by atoms with E-state index in [0.29, 0.717) is 11.8 Å². The molecule has 0 saturated heterocycles. The van der Waals surface area contributed by atoms with E-state index in [9.17, 15) is 0 Å². The van der Waals surface area contributed by atoms with Crippen LogP contribution in [-0.2, 0) is 0 Å². The van der Waals surface area contributed by atoms with Crippen molar-refractivity contribution in [3.8, 4) is 0 Å². The van der Waals surface area contributed by atoms with Gasteiger partial charge >= 0.3 is 0 Å². The Balaban J connectivity index is 2.54. The van der Waals surface area contributed by atoms with Crippen LogP contribution in [0.1, 0.15) is 27.7 Å². The van der Waals surface area contributed by atoms with Gasteiger partial charge in [-0.1, -0.05) is 27.7 Å². The highest BCUT2D eigenvalue weighted by Crippen LogP contribution is 2.19. The molecular formula is C8H16N4. The summed E-state index contributed by atoms with van der Waals surface area (Å²) in [7, 11) is 0. The molecule has 12 heavy (non-hydrogen) atoms. The summed E-state index contributed by atoms with van der Waals surface area (Å²) >= 11 is 0. The normalized spacial score (nSPS) is 28.8. The van der Waals surface area contributed by atoms with Gasteiger partial charge in [-0.2, -0.15) is 20.5 Å². The minimum absolute atomic E-state index is 0.0556. The van der Waals surface area contributed by atoms with Crippen molar-refractivity contribution in [1.29, 1.82) is 0 Å². The quantitative estimate of drug-likeness (QED) is 0.608. The molecule has 0 N–H and O–H groups in total. The third-order valence-corrected chi connectivity index (χ3v) is 1.80. The highest BCUT2D eigenvalue weighted by atomic mass is 15.4. The van der Waals surface area contributed by atoms with E-state index in [1.807, 2.05) is 0 Å². The van der Waals surface area contributed by atoms with Crippen molar-refractivity contribution in [1.82, 2.24) is 0 Å². The molecule has 1 rings (SSSR count). The Morgan fingerprint density at radius 1 is 0.667 bits per heavy atom. The predicted molar refractivity (Wildman–Crippen MR) is 47.0 cm³/mol. The zero-order chi connectivity index (χ0) is 9.14. The van der Waals surface area contributed by atoms with Crippen molar-refractivity contribution in [2.45, 2.75) is 40.0 Å². The number of hydrogen-bond acceptors (Lipinski definition) is 4. The fourth-order valence-electron chi connectivity index (χ4n) is 0.853. The highest BCUT2D eigenvalue weighted by Gasteiger charge is 2.19. The van der Waals surface area contributed by atoms with Gasteiger partial charge in [-0.3, -0.25) is 0 Å². The maximum atomic E-state index is 4.10. The zero-order valence-corrected chi connectivity index (χ0v) is 8.10. The van der Waals surface area contributed by atoms with Crippen LogP contribution < -0.4 is 0 Å². The van der Waals surface area contributed by atoms with E-state index in [4.69, 9.17) is 0 Å². The van der Waals surface area contributed by atoms with Gasteiger partial charge in [0.2, 0.25) is 0 Å². The van der Waals surface area contributed by atoms with Crippen molar-refractivity contribution < 1.29 is 0 Å². The van der Waals surface area contributed by atoms with Crippen LogP contribution in [-0.4, -0.2) is 12.3 Å². The molecule has 4 nitrogen and oxygen atoms in total. The number of nitrogens with zero attached hydrogens (tertiary/aromatic N) is 4. The molecule has 1 aliphatic rings. The van der Waals surface area contributed by atoms with Crippen molar-refractivity contribution in [3.63, 3.8) is 0 Å². The maximum absolute atomic E-state index is 4.10. The summed E-state index contributed by atoms with van der Waals surface area (Å²) in [6, 6.07) is 0. The lowest BCUT2D eigenvalue weighted by Gasteiger charge is -2.17. The monoisotopic (exact) mass is 168 g/mol. The van der Waals surface area contributed by atoms with Crippen LogP contribution in [0.2, 0.25) is 0 Å². The van der Waals surface area contributed by atoms with Gasteiger partial charge in [-0.05, 0) is 11.8 Å². The summed E-state index contributed by atoms with van der Waals surface area (Å²) in [6.45, 7) is 8.27. The molecule has 0 amide bonds. The van der Waals surface area contributed by atoms with Gasteiger partial charge in [-0.15, -0.1) is 0 Å². The van der Waals surface area contributed by atoms with Gasteiger partial charge < -0.3 is 0 Å². The molecule has 0 radical (unpaired) electrons. The first-order valence-electron chi connectivity index (χ1n) is 4.41. The van der Waals surface area contributed by atoms with Crippen molar-refractivity contribution >= 4 is 0 Å². The van der Waals surface area contributed by atoms with Crippen LogP contribution in [0.3, 0.4) is 0 Å². The zero-order valence-electron chi connectivity index (χ0n) is 8.10. The maximum Gasteiger partial charge on any atom is 0.183 e. The van der Waals surface area contributed by atoms with Crippen molar-refractivity contribution in [2.24, 2.45) is 32.3 Å². The minimum Gasteiger partial charge on any atom is -0.162 e. The molecule has 0 aliphatic carbocycles. The smallest absolute Gasteiger partial charge is 0.162 e. The van der Waals surface area contributed by atoms with E-state index < -0.39 is 0 Å². The lowest BCUT2D eigenvalue weighted by molar-refractivity contribution is 0.369. The molecule has 0 bridgehead atoms. The van der Waals surface area contributed by atoms with E-state index in [1.165, 1.54) is 0 Å². The van der Waals surface area contributed by atoms with Crippen LogP contribution in [0.5, 0.6) is 0 Å². The Bertz CT molecular complexity index is 161. The molecule has 4 heteroatoms. The standard InChI is InChI=1S/C8H16N4/c1-5(2)7-9-11-8(6(3)4)12-10-7/h5-8H,1-4H3. The Hall–Kier alpha value is -0.800. The van der Waals surface area contributed by atoms with E-state index >= 15 is 0 Å². The number of rotatable bonds is 2.